The van der Waals surface area contributed by atoms with E-state index in [0.29, 0.717) is 43.1 Å². The van der Waals surface area contributed by atoms with E-state index in [4.69, 9.17) is 4.74 Å². The summed E-state index contributed by atoms with van der Waals surface area (Å²) >= 11 is 0. The number of aromatic nitrogens is 2. The maximum Gasteiger partial charge on any atom is 0.277 e. The fourth-order valence-corrected chi connectivity index (χ4v) is 4.99. The molecule has 2 aliphatic heterocycles. The Morgan fingerprint density at radius 1 is 1.11 bits per heavy atom. The van der Waals surface area contributed by atoms with Gasteiger partial charge in [-0.2, -0.15) is 0 Å². The molecule has 9 nitrogen and oxygen atoms in total. The van der Waals surface area contributed by atoms with Gasteiger partial charge >= 0.3 is 0 Å². The minimum atomic E-state index is -0.643. The highest BCUT2D eigenvalue weighted by atomic mass is 19.1. The Morgan fingerprint density at radius 3 is 2.53 bits per heavy atom. The normalized spacial score (nSPS) is 15.2. The molecule has 1 fully saturated rings. The lowest BCUT2D eigenvalue weighted by Crippen LogP contribution is -2.46. The summed E-state index contributed by atoms with van der Waals surface area (Å²) in [6.07, 6.45) is 5.02. The number of ether oxygens (including phenoxy) is 1. The third kappa shape index (κ3) is 5.71. The molecule has 1 saturated heterocycles. The molecular formula is C28H33FN6O3. The summed E-state index contributed by atoms with van der Waals surface area (Å²) < 4.78 is 20.9. The Hall–Kier alpha value is -3.76. The summed E-state index contributed by atoms with van der Waals surface area (Å²) in [5.74, 6) is -0.140. The second-order valence-corrected chi connectivity index (χ2v) is 9.44. The van der Waals surface area contributed by atoms with E-state index in [0.717, 1.165) is 49.5 Å². The van der Waals surface area contributed by atoms with Crippen LogP contribution in [0.4, 0.5) is 21.7 Å². The Labute approximate surface area is 221 Å². The van der Waals surface area contributed by atoms with E-state index in [1.54, 1.807) is 12.4 Å². The van der Waals surface area contributed by atoms with Gasteiger partial charge in [0.15, 0.2) is 0 Å². The molecule has 38 heavy (non-hydrogen) atoms. The maximum atomic E-state index is 15.3. The predicted octanol–water partition coefficient (Wildman–Crippen LogP) is 3.51. The highest BCUT2D eigenvalue weighted by Crippen LogP contribution is 2.33. The fraction of sp³-hybridized carbons (Fsp3) is 0.393. The van der Waals surface area contributed by atoms with Crippen molar-refractivity contribution in [3.8, 4) is 5.75 Å². The third-order valence-corrected chi connectivity index (χ3v) is 7.16. The lowest BCUT2D eigenvalue weighted by atomic mass is 9.95. The number of nitrogens with zero attached hydrogens (tertiary/aromatic N) is 4. The van der Waals surface area contributed by atoms with Crippen molar-refractivity contribution in [2.75, 3.05) is 56.7 Å². The van der Waals surface area contributed by atoms with Crippen molar-refractivity contribution in [3.05, 3.63) is 70.8 Å². The minimum Gasteiger partial charge on any atom is -0.493 e. The van der Waals surface area contributed by atoms with Crippen LogP contribution in [0, 0.1) is 5.82 Å². The van der Waals surface area contributed by atoms with Gasteiger partial charge in [0.1, 0.15) is 11.6 Å². The van der Waals surface area contributed by atoms with Crippen LogP contribution in [-0.2, 0) is 24.1 Å². The van der Waals surface area contributed by atoms with Gasteiger partial charge in [0.25, 0.3) is 5.91 Å². The molecule has 5 rings (SSSR count). The Balaban J connectivity index is 1.20. The van der Waals surface area contributed by atoms with Crippen molar-refractivity contribution >= 4 is 23.2 Å². The number of benzene rings is 2. The molecule has 0 bridgehead atoms. The summed E-state index contributed by atoms with van der Waals surface area (Å²) in [6, 6.07) is 9.76. The number of halogens is 1. The molecule has 1 aromatic heterocycles. The van der Waals surface area contributed by atoms with Crippen molar-refractivity contribution < 1.29 is 18.8 Å². The van der Waals surface area contributed by atoms with E-state index in [1.165, 1.54) is 18.9 Å². The highest BCUT2D eigenvalue weighted by Gasteiger charge is 2.26. The van der Waals surface area contributed by atoms with Gasteiger partial charge in [-0.05, 0) is 60.8 Å². The zero-order valence-corrected chi connectivity index (χ0v) is 21.8. The number of nitrogens with one attached hydrogen (secondary N) is 2. The van der Waals surface area contributed by atoms with Crippen LogP contribution in [0.25, 0.3) is 0 Å². The number of carbonyl (C=O) groups is 1. The van der Waals surface area contributed by atoms with Gasteiger partial charge in [-0.15, -0.1) is 0 Å². The molecule has 2 aromatic carbocycles. The number of carbonyl (C=O) groups excluding carboxylic acids is 1. The summed E-state index contributed by atoms with van der Waals surface area (Å²) in [4.78, 5) is 30.7. The molecule has 0 saturated carbocycles. The van der Waals surface area contributed by atoms with E-state index in [1.807, 2.05) is 12.1 Å². The number of hydroxylamine groups is 1. The molecule has 2 aliphatic rings. The van der Waals surface area contributed by atoms with Gasteiger partial charge in [0.2, 0.25) is 5.95 Å². The zero-order valence-electron chi connectivity index (χ0n) is 21.8. The predicted molar refractivity (Wildman–Crippen MR) is 144 cm³/mol. The van der Waals surface area contributed by atoms with Crippen molar-refractivity contribution in [2.45, 2.75) is 26.2 Å². The summed E-state index contributed by atoms with van der Waals surface area (Å²) in [7, 11) is 1.31. The van der Waals surface area contributed by atoms with Crippen LogP contribution in [0.1, 0.15) is 34.0 Å². The Bertz CT molecular complexity index is 1260. The lowest BCUT2D eigenvalue weighted by molar-refractivity contribution is 0.0533. The van der Waals surface area contributed by atoms with Crippen molar-refractivity contribution in [2.24, 2.45) is 0 Å². The average molecular weight is 521 g/mol. The smallest absolute Gasteiger partial charge is 0.277 e. The van der Waals surface area contributed by atoms with Gasteiger partial charge in [-0.1, -0.05) is 6.92 Å². The molecular weight excluding hydrogens is 487 g/mol. The second kappa shape index (κ2) is 11.7. The number of anilines is 3. The average Bonchev–Trinajstić information content (AvgIpc) is 3.42. The first-order valence-corrected chi connectivity index (χ1v) is 13.0. The van der Waals surface area contributed by atoms with Crippen LogP contribution in [0.3, 0.4) is 0 Å². The monoisotopic (exact) mass is 520 g/mol. The van der Waals surface area contributed by atoms with E-state index >= 15 is 4.39 Å². The molecule has 0 radical (unpaired) electrons. The SMILES string of the molecule is CCN1CCN(c2ccc(Nc3ncc(CCc4c(F)c(C(=O)NOC)cc5c4CCO5)cn3)cc2)CC1. The van der Waals surface area contributed by atoms with Crippen molar-refractivity contribution in [3.63, 3.8) is 0 Å². The number of hydrogen-bond acceptors (Lipinski definition) is 8. The molecule has 3 aromatic rings. The topological polar surface area (TPSA) is 91.9 Å². The molecule has 10 heteroatoms. The number of piperazine rings is 1. The van der Waals surface area contributed by atoms with Gasteiger partial charge in [-0.3, -0.25) is 9.63 Å². The van der Waals surface area contributed by atoms with Gasteiger partial charge in [0, 0.05) is 61.9 Å². The molecule has 3 heterocycles. The second-order valence-electron chi connectivity index (χ2n) is 9.44. The molecule has 2 N–H and O–H groups in total. The molecule has 200 valence electrons. The van der Waals surface area contributed by atoms with Crippen LogP contribution < -0.4 is 20.4 Å². The van der Waals surface area contributed by atoms with Gasteiger partial charge in [0.05, 0.1) is 19.3 Å². The summed E-state index contributed by atoms with van der Waals surface area (Å²) in [6.45, 7) is 8.03. The number of rotatable bonds is 9. The summed E-state index contributed by atoms with van der Waals surface area (Å²) in [5.41, 5.74) is 6.39. The quantitative estimate of drug-likeness (QED) is 0.414. The Morgan fingerprint density at radius 2 is 1.84 bits per heavy atom. The van der Waals surface area contributed by atoms with Crippen LogP contribution in [0.15, 0.2) is 42.7 Å². The van der Waals surface area contributed by atoms with E-state index in [-0.39, 0.29) is 5.56 Å². The molecule has 0 unspecified atom stereocenters. The molecule has 0 spiro atoms. The molecule has 1 amide bonds. The van der Waals surface area contributed by atoms with Gasteiger partial charge < -0.3 is 19.9 Å². The van der Waals surface area contributed by atoms with Crippen LogP contribution in [0.2, 0.25) is 0 Å². The van der Waals surface area contributed by atoms with E-state index in [9.17, 15) is 4.79 Å². The molecule has 0 aliphatic carbocycles. The summed E-state index contributed by atoms with van der Waals surface area (Å²) in [5, 5.41) is 3.24. The highest BCUT2D eigenvalue weighted by molar-refractivity contribution is 5.94. The van der Waals surface area contributed by atoms with Crippen LogP contribution in [-0.4, -0.2) is 67.2 Å². The maximum absolute atomic E-state index is 15.3. The number of amides is 1. The van der Waals surface area contributed by atoms with Crippen molar-refractivity contribution in [1.82, 2.24) is 20.3 Å². The van der Waals surface area contributed by atoms with Crippen LogP contribution in [0.5, 0.6) is 5.75 Å². The first-order chi connectivity index (χ1) is 18.6. The third-order valence-electron chi connectivity index (χ3n) is 7.16. The van der Waals surface area contributed by atoms with Gasteiger partial charge in [-0.25, -0.2) is 19.8 Å². The zero-order chi connectivity index (χ0) is 26.5. The largest absolute Gasteiger partial charge is 0.493 e. The van der Waals surface area contributed by atoms with Crippen molar-refractivity contribution in [1.29, 1.82) is 0 Å². The number of hydrogen-bond donors (Lipinski definition) is 2. The number of fused-ring (bicyclic) bond motifs is 1. The fourth-order valence-electron chi connectivity index (χ4n) is 4.99. The first-order valence-electron chi connectivity index (χ1n) is 13.0. The molecule has 0 atom stereocenters. The Kier molecular flexibility index (Phi) is 8.00. The first kappa shape index (κ1) is 25.9. The lowest BCUT2D eigenvalue weighted by Gasteiger charge is -2.35. The minimum absolute atomic E-state index is 0.0902. The van der Waals surface area contributed by atoms with Crippen LogP contribution >= 0.6 is 0 Å². The van der Waals surface area contributed by atoms with E-state index in [2.05, 4.69) is 54.5 Å². The van der Waals surface area contributed by atoms with E-state index < -0.39 is 11.7 Å². The number of aryl methyl sites for hydroxylation is 1. The number of likely N-dealkylation sites (N-methyl/N-ethyl adjacent to an activating group) is 1. The standard InChI is InChI=1S/C28H33FN6O3/c1-3-34-11-13-35(14-12-34)21-7-5-20(6-8-21)32-28-30-17-19(18-31-28)4-9-23-22-10-15-38-25(22)16-24(26(23)29)27(36)33-37-2/h5-8,16-18H,3-4,9-15H2,1-2H3,(H,33,36)(H,30,31,32).